The number of fused-ring (bicyclic) bond motifs is 1. The molecular weight excluding hydrogens is 462 g/mol. The van der Waals surface area contributed by atoms with Crippen LogP contribution in [0.25, 0.3) is 11.0 Å². The number of aromatic nitrogens is 2. The fraction of sp³-hybridized carbons (Fsp3) is 0.200. The Bertz CT molecular complexity index is 1350. The van der Waals surface area contributed by atoms with Crippen LogP contribution >= 0.6 is 11.6 Å². The van der Waals surface area contributed by atoms with Crippen LogP contribution in [0.5, 0.6) is 0 Å². The lowest BCUT2D eigenvalue weighted by molar-refractivity contribution is 0.0597. The molecule has 5 rings (SSSR count). The zero-order valence-electron chi connectivity index (χ0n) is 18.0. The first-order chi connectivity index (χ1) is 16.4. The third-order valence-corrected chi connectivity index (χ3v) is 6.46. The molecule has 0 aliphatic carbocycles. The quantitative estimate of drug-likeness (QED) is 0.454. The Morgan fingerprint density at radius 1 is 0.853 bits per heavy atom. The van der Waals surface area contributed by atoms with Gasteiger partial charge in [0, 0.05) is 31.7 Å². The van der Waals surface area contributed by atoms with Crippen LogP contribution in [0.15, 0.2) is 65.5 Å². The number of aromatic amines is 2. The van der Waals surface area contributed by atoms with Gasteiger partial charge in [-0.05, 0) is 47.5 Å². The molecule has 34 heavy (non-hydrogen) atoms. The third kappa shape index (κ3) is 4.34. The highest BCUT2D eigenvalue weighted by Gasteiger charge is 2.29. The third-order valence-electron chi connectivity index (χ3n) is 6.16. The first kappa shape index (κ1) is 22.3. The first-order valence-corrected chi connectivity index (χ1v) is 11.2. The molecule has 2 heterocycles. The van der Waals surface area contributed by atoms with Crippen molar-refractivity contribution < 1.29 is 13.6 Å². The van der Waals surface area contributed by atoms with Crippen molar-refractivity contribution in [1.82, 2.24) is 19.8 Å². The van der Waals surface area contributed by atoms with E-state index >= 15 is 0 Å². The number of benzene rings is 3. The lowest BCUT2D eigenvalue weighted by atomic mass is 9.96. The molecular formula is C25H21ClF2N4O2. The highest BCUT2D eigenvalue weighted by molar-refractivity contribution is 6.35. The summed E-state index contributed by atoms with van der Waals surface area (Å²) in [7, 11) is 0. The summed E-state index contributed by atoms with van der Waals surface area (Å²) in [5, 5.41) is 0.297. The van der Waals surface area contributed by atoms with Gasteiger partial charge < -0.3 is 14.9 Å². The maximum Gasteiger partial charge on any atom is 0.323 e. The highest BCUT2D eigenvalue weighted by Crippen LogP contribution is 2.30. The van der Waals surface area contributed by atoms with Gasteiger partial charge in [-0.3, -0.25) is 9.69 Å². The summed E-state index contributed by atoms with van der Waals surface area (Å²) in [5.74, 6) is -0.821. The second-order valence-corrected chi connectivity index (χ2v) is 8.70. The van der Waals surface area contributed by atoms with E-state index in [0.29, 0.717) is 47.8 Å². The highest BCUT2D eigenvalue weighted by atomic mass is 35.5. The Morgan fingerprint density at radius 2 is 1.41 bits per heavy atom. The van der Waals surface area contributed by atoms with Gasteiger partial charge in [0.25, 0.3) is 5.91 Å². The van der Waals surface area contributed by atoms with Gasteiger partial charge >= 0.3 is 5.69 Å². The first-order valence-electron chi connectivity index (χ1n) is 10.8. The normalized spacial score (nSPS) is 14.8. The van der Waals surface area contributed by atoms with Crippen molar-refractivity contribution in [2.75, 3.05) is 26.2 Å². The summed E-state index contributed by atoms with van der Waals surface area (Å²) >= 11 is 6.26. The Hall–Kier alpha value is -3.49. The molecule has 0 atom stereocenters. The molecule has 1 saturated heterocycles. The van der Waals surface area contributed by atoms with E-state index in [4.69, 9.17) is 11.6 Å². The predicted octanol–water partition coefficient (Wildman–Crippen LogP) is 4.34. The largest absolute Gasteiger partial charge is 0.336 e. The Kier molecular flexibility index (Phi) is 5.93. The number of carbonyl (C=O) groups is 1. The van der Waals surface area contributed by atoms with E-state index in [2.05, 4.69) is 14.9 Å². The Morgan fingerprint density at radius 3 is 1.97 bits per heavy atom. The molecule has 174 valence electrons. The number of nitrogens with one attached hydrogen (secondary N) is 2. The molecule has 3 aromatic carbocycles. The van der Waals surface area contributed by atoms with E-state index in [1.807, 2.05) is 0 Å². The van der Waals surface area contributed by atoms with Crippen LogP contribution in [0.4, 0.5) is 8.78 Å². The molecule has 1 aromatic heterocycles. The maximum absolute atomic E-state index is 13.5. The van der Waals surface area contributed by atoms with E-state index in [9.17, 15) is 18.4 Å². The zero-order valence-corrected chi connectivity index (χ0v) is 18.8. The Labute approximate surface area is 198 Å². The van der Waals surface area contributed by atoms with Gasteiger partial charge in [0.1, 0.15) is 11.6 Å². The number of nitrogens with zero attached hydrogens (tertiary/aromatic N) is 2. The van der Waals surface area contributed by atoms with Gasteiger partial charge in [0.2, 0.25) is 0 Å². The second kappa shape index (κ2) is 9.04. The monoisotopic (exact) mass is 482 g/mol. The van der Waals surface area contributed by atoms with Gasteiger partial charge in [-0.1, -0.05) is 35.9 Å². The summed E-state index contributed by atoms with van der Waals surface area (Å²) in [6.07, 6.45) is 0. The predicted molar refractivity (Wildman–Crippen MR) is 126 cm³/mol. The number of imidazole rings is 1. The van der Waals surface area contributed by atoms with E-state index in [1.165, 1.54) is 24.3 Å². The molecule has 2 N–H and O–H groups in total. The van der Waals surface area contributed by atoms with Crippen LogP contribution in [-0.2, 0) is 0 Å². The zero-order chi connectivity index (χ0) is 23.8. The molecule has 0 bridgehead atoms. The molecule has 1 fully saturated rings. The SMILES string of the molecule is O=C(c1cc(Cl)c2[nH]c(=O)[nH]c2c1)N1CCN(C(c2ccc(F)cc2)c2ccc(F)cc2)CC1. The molecule has 1 amide bonds. The van der Waals surface area contributed by atoms with Gasteiger partial charge in [0.05, 0.1) is 22.1 Å². The molecule has 6 nitrogen and oxygen atoms in total. The minimum absolute atomic E-state index is 0.175. The summed E-state index contributed by atoms with van der Waals surface area (Å²) in [4.78, 5) is 33.9. The van der Waals surface area contributed by atoms with Crippen LogP contribution in [0.3, 0.4) is 0 Å². The van der Waals surface area contributed by atoms with Crippen molar-refractivity contribution in [3.8, 4) is 0 Å². The van der Waals surface area contributed by atoms with Crippen LogP contribution in [0, 0.1) is 11.6 Å². The topological polar surface area (TPSA) is 72.2 Å². The minimum atomic E-state index is -0.386. The number of amides is 1. The van der Waals surface area contributed by atoms with Crippen LogP contribution in [-0.4, -0.2) is 51.9 Å². The summed E-state index contributed by atoms with van der Waals surface area (Å²) in [6.45, 7) is 2.08. The van der Waals surface area contributed by atoms with Crippen LogP contribution in [0.2, 0.25) is 5.02 Å². The molecule has 1 aliphatic heterocycles. The van der Waals surface area contributed by atoms with E-state index in [-0.39, 0.29) is 29.3 Å². The fourth-order valence-electron chi connectivity index (χ4n) is 4.49. The van der Waals surface area contributed by atoms with Gasteiger partial charge in [-0.2, -0.15) is 0 Å². The number of rotatable bonds is 4. The van der Waals surface area contributed by atoms with Crippen molar-refractivity contribution in [2.45, 2.75) is 6.04 Å². The van der Waals surface area contributed by atoms with Crippen molar-refractivity contribution in [1.29, 1.82) is 0 Å². The average molecular weight is 483 g/mol. The van der Waals surface area contributed by atoms with Crippen LogP contribution < -0.4 is 5.69 Å². The van der Waals surface area contributed by atoms with Crippen molar-refractivity contribution in [3.05, 3.63) is 104 Å². The number of carbonyl (C=O) groups excluding carboxylic acids is 1. The summed E-state index contributed by atoms with van der Waals surface area (Å²) in [6, 6.07) is 15.6. The lowest BCUT2D eigenvalue weighted by Gasteiger charge is -2.39. The second-order valence-electron chi connectivity index (χ2n) is 8.29. The van der Waals surface area contributed by atoms with E-state index in [1.54, 1.807) is 41.3 Å². The average Bonchev–Trinajstić information content (AvgIpc) is 3.22. The summed E-state index contributed by atoms with van der Waals surface area (Å²) < 4.78 is 27.1. The number of H-pyrrole nitrogens is 2. The molecule has 0 saturated carbocycles. The van der Waals surface area contributed by atoms with Gasteiger partial charge in [-0.25, -0.2) is 13.6 Å². The maximum atomic E-state index is 13.5. The smallest absolute Gasteiger partial charge is 0.323 e. The van der Waals surface area contributed by atoms with Crippen molar-refractivity contribution in [3.63, 3.8) is 0 Å². The van der Waals surface area contributed by atoms with Crippen molar-refractivity contribution >= 4 is 28.5 Å². The minimum Gasteiger partial charge on any atom is -0.336 e. The summed E-state index contributed by atoms with van der Waals surface area (Å²) in [5.41, 5.74) is 2.74. The molecule has 1 aliphatic rings. The van der Waals surface area contributed by atoms with Crippen LogP contribution in [0.1, 0.15) is 27.5 Å². The number of hydrogen-bond donors (Lipinski definition) is 2. The fourth-order valence-corrected chi connectivity index (χ4v) is 4.76. The molecule has 0 unspecified atom stereocenters. The van der Waals surface area contributed by atoms with Gasteiger partial charge in [-0.15, -0.1) is 0 Å². The van der Waals surface area contributed by atoms with Gasteiger partial charge in [0.15, 0.2) is 0 Å². The molecule has 0 radical (unpaired) electrons. The lowest BCUT2D eigenvalue weighted by Crippen LogP contribution is -2.49. The van der Waals surface area contributed by atoms with E-state index in [0.717, 1.165) is 11.1 Å². The number of hydrogen-bond acceptors (Lipinski definition) is 3. The van der Waals surface area contributed by atoms with E-state index < -0.39 is 0 Å². The standard InChI is InChI=1S/C25H21ClF2N4O2/c26-20-13-17(14-21-22(20)30-25(34)29-21)24(33)32-11-9-31(10-12-32)23(15-1-5-18(27)6-2-15)16-3-7-19(28)8-4-16/h1-8,13-14,23H,9-12H2,(H2,29,30,34). The number of piperazine rings is 1. The van der Waals surface area contributed by atoms with Crippen molar-refractivity contribution in [2.24, 2.45) is 0 Å². The Balaban J connectivity index is 1.37. The molecule has 0 spiro atoms. The number of halogens is 3. The molecule has 9 heteroatoms. The molecule has 4 aromatic rings.